The van der Waals surface area contributed by atoms with Gasteiger partial charge in [-0.05, 0) is 23.5 Å². The maximum absolute atomic E-state index is 13.1. The van der Waals surface area contributed by atoms with Crippen molar-refractivity contribution in [3.05, 3.63) is 48.2 Å². The summed E-state index contributed by atoms with van der Waals surface area (Å²) >= 11 is 0. The molecular formula is C18H25N3O2S. The summed E-state index contributed by atoms with van der Waals surface area (Å²) < 4.78 is 29.5. The van der Waals surface area contributed by atoms with Gasteiger partial charge >= 0.3 is 0 Å². The Bertz CT molecular complexity index is 797. The fraction of sp³-hybridized carbons (Fsp3) is 0.500. The molecule has 1 atom stereocenters. The van der Waals surface area contributed by atoms with E-state index in [1.54, 1.807) is 21.3 Å². The Kier molecular flexibility index (Phi) is 4.53. The monoisotopic (exact) mass is 347 g/mol. The number of rotatable bonds is 5. The molecule has 24 heavy (non-hydrogen) atoms. The molecule has 0 bridgehead atoms. The summed E-state index contributed by atoms with van der Waals surface area (Å²) in [5, 5.41) is 4.47. The highest BCUT2D eigenvalue weighted by Crippen LogP contribution is 2.44. The topological polar surface area (TPSA) is 55.2 Å². The van der Waals surface area contributed by atoms with Gasteiger partial charge < -0.3 is 0 Å². The van der Waals surface area contributed by atoms with Gasteiger partial charge in [0.15, 0.2) is 5.03 Å². The highest BCUT2D eigenvalue weighted by atomic mass is 32.2. The summed E-state index contributed by atoms with van der Waals surface area (Å²) in [4.78, 5) is 0. The lowest BCUT2D eigenvalue weighted by molar-refractivity contribution is 0.346. The van der Waals surface area contributed by atoms with Crippen molar-refractivity contribution in [3.8, 4) is 0 Å². The zero-order chi connectivity index (χ0) is 17.4. The van der Waals surface area contributed by atoms with E-state index < -0.39 is 10.0 Å². The summed E-state index contributed by atoms with van der Waals surface area (Å²) in [5.74, 6) is 0.191. The maximum Gasteiger partial charge on any atom is 0.260 e. The quantitative estimate of drug-likeness (QED) is 0.835. The van der Waals surface area contributed by atoms with Crippen LogP contribution in [0, 0.1) is 5.41 Å². The van der Waals surface area contributed by atoms with E-state index >= 15 is 0 Å². The number of benzene rings is 1. The molecule has 1 aromatic carbocycles. The molecule has 0 spiro atoms. The Morgan fingerprint density at radius 3 is 2.58 bits per heavy atom. The van der Waals surface area contributed by atoms with Crippen LogP contribution in [0.25, 0.3) is 0 Å². The van der Waals surface area contributed by atoms with Gasteiger partial charge in [0.1, 0.15) is 0 Å². The zero-order valence-corrected chi connectivity index (χ0v) is 15.3. The van der Waals surface area contributed by atoms with Crippen LogP contribution in [0.2, 0.25) is 0 Å². The summed E-state index contributed by atoms with van der Waals surface area (Å²) in [6.07, 6.45) is 2.42. The van der Waals surface area contributed by atoms with Crippen LogP contribution in [0.15, 0.2) is 47.6 Å². The van der Waals surface area contributed by atoms with E-state index in [2.05, 4.69) is 31.1 Å². The molecule has 0 amide bonds. The minimum Gasteiger partial charge on any atom is -0.253 e. The number of aromatic nitrogens is 2. The highest BCUT2D eigenvalue weighted by molar-refractivity contribution is 7.89. The summed E-state index contributed by atoms with van der Waals surface area (Å²) in [6.45, 7) is 7.94. The smallest absolute Gasteiger partial charge is 0.253 e. The molecule has 3 rings (SSSR count). The van der Waals surface area contributed by atoms with Crippen LogP contribution in [-0.2, 0) is 16.6 Å². The van der Waals surface area contributed by atoms with Crippen LogP contribution in [0.3, 0.4) is 0 Å². The van der Waals surface area contributed by atoms with Crippen molar-refractivity contribution in [2.45, 2.75) is 44.7 Å². The van der Waals surface area contributed by atoms with Crippen molar-refractivity contribution in [3.63, 3.8) is 0 Å². The van der Waals surface area contributed by atoms with Crippen LogP contribution in [0.1, 0.15) is 38.7 Å². The van der Waals surface area contributed by atoms with Crippen molar-refractivity contribution in [1.82, 2.24) is 14.1 Å². The molecule has 2 aromatic rings. The van der Waals surface area contributed by atoms with Gasteiger partial charge in [-0.15, -0.1) is 0 Å². The summed E-state index contributed by atoms with van der Waals surface area (Å²) in [7, 11) is -3.53. The van der Waals surface area contributed by atoms with Crippen LogP contribution in [-0.4, -0.2) is 35.6 Å². The molecule has 1 unspecified atom stereocenters. The summed E-state index contributed by atoms with van der Waals surface area (Å²) in [6, 6.07) is 11.8. The van der Waals surface area contributed by atoms with Gasteiger partial charge in [-0.3, -0.25) is 4.68 Å². The summed E-state index contributed by atoms with van der Waals surface area (Å²) in [5.41, 5.74) is 1.09. The van der Waals surface area contributed by atoms with Gasteiger partial charge in [0.2, 0.25) is 0 Å². The Morgan fingerprint density at radius 1 is 1.21 bits per heavy atom. The maximum atomic E-state index is 13.1. The number of aryl methyl sites for hydroxylation is 1. The van der Waals surface area contributed by atoms with E-state index in [1.165, 1.54) is 5.56 Å². The molecule has 6 heteroatoms. The fourth-order valence-corrected chi connectivity index (χ4v) is 5.31. The van der Waals surface area contributed by atoms with Crippen LogP contribution >= 0.6 is 0 Å². The second-order valence-electron chi connectivity index (χ2n) is 7.14. The van der Waals surface area contributed by atoms with E-state index in [9.17, 15) is 8.42 Å². The number of sulfonamides is 1. The second kappa shape index (κ2) is 6.33. The minimum absolute atomic E-state index is 0.107. The van der Waals surface area contributed by atoms with Gasteiger partial charge in [-0.25, -0.2) is 8.42 Å². The number of hydrogen-bond donors (Lipinski definition) is 0. The lowest BCUT2D eigenvalue weighted by Gasteiger charge is -2.25. The predicted molar refractivity (Wildman–Crippen MR) is 94.2 cm³/mol. The van der Waals surface area contributed by atoms with E-state index in [1.807, 2.05) is 25.1 Å². The van der Waals surface area contributed by atoms with Gasteiger partial charge in [0, 0.05) is 25.6 Å². The normalized spacial score (nSPS) is 21.2. The van der Waals surface area contributed by atoms with E-state index in [0.29, 0.717) is 24.7 Å². The van der Waals surface area contributed by atoms with Gasteiger partial charge in [0.25, 0.3) is 10.0 Å². The number of nitrogens with zero attached hydrogens (tertiary/aromatic N) is 3. The molecule has 130 valence electrons. The van der Waals surface area contributed by atoms with Crippen molar-refractivity contribution in [1.29, 1.82) is 0 Å². The third kappa shape index (κ3) is 3.00. The third-order valence-corrected chi connectivity index (χ3v) is 6.67. The average molecular weight is 347 g/mol. The first-order valence-corrected chi connectivity index (χ1v) is 9.87. The van der Waals surface area contributed by atoms with Crippen LogP contribution in [0.5, 0.6) is 0 Å². The highest BCUT2D eigenvalue weighted by Gasteiger charge is 2.45. The molecule has 0 aliphatic carbocycles. The molecule has 2 heterocycles. The Balaban J connectivity index is 1.92. The van der Waals surface area contributed by atoms with Crippen molar-refractivity contribution in [2.75, 3.05) is 13.1 Å². The molecule has 1 saturated heterocycles. The average Bonchev–Trinajstić information content (AvgIpc) is 3.13. The molecule has 1 aliphatic heterocycles. The van der Waals surface area contributed by atoms with Gasteiger partial charge in [-0.2, -0.15) is 9.40 Å². The van der Waals surface area contributed by atoms with E-state index in [0.717, 1.165) is 6.42 Å². The first-order chi connectivity index (χ1) is 11.4. The SMILES string of the molecule is CCCn1nccc1S(=O)(=O)N1CC(c2ccccc2)C(C)(C)C1. The second-order valence-corrected chi connectivity index (χ2v) is 9.03. The lowest BCUT2D eigenvalue weighted by Crippen LogP contribution is -2.32. The third-order valence-electron chi connectivity index (χ3n) is 4.83. The molecule has 5 nitrogen and oxygen atoms in total. The molecule has 0 saturated carbocycles. The molecule has 0 radical (unpaired) electrons. The Hall–Kier alpha value is -1.66. The first-order valence-electron chi connectivity index (χ1n) is 8.43. The van der Waals surface area contributed by atoms with Crippen LogP contribution in [0.4, 0.5) is 0 Å². The molecule has 0 N–H and O–H groups in total. The Morgan fingerprint density at radius 2 is 1.92 bits per heavy atom. The zero-order valence-electron chi connectivity index (χ0n) is 14.5. The predicted octanol–water partition coefficient (Wildman–Crippen LogP) is 3.11. The van der Waals surface area contributed by atoms with Crippen LogP contribution < -0.4 is 0 Å². The lowest BCUT2D eigenvalue weighted by atomic mass is 9.78. The molecule has 1 aliphatic rings. The van der Waals surface area contributed by atoms with Crippen molar-refractivity contribution < 1.29 is 8.42 Å². The first kappa shape index (κ1) is 17.2. The largest absolute Gasteiger partial charge is 0.260 e. The van der Waals surface area contributed by atoms with E-state index in [-0.39, 0.29) is 11.3 Å². The molecule has 1 aromatic heterocycles. The van der Waals surface area contributed by atoms with Crippen molar-refractivity contribution in [2.24, 2.45) is 5.41 Å². The van der Waals surface area contributed by atoms with Crippen molar-refractivity contribution >= 4 is 10.0 Å². The number of hydrogen-bond acceptors (Lipinski definition) is 3. The van der Waals surface area contributed by atoms with Gasteiger partial charge in [0.05, 0.1) is 6.20 Å². The van der Waals surface area contributed by atoms with Gasteiger partial charge in [-0.1, -0.05) is 51.1 Å². The minimum atomic E-state index is -3.53. The Labute approximate surface area is 144 Å². The fourth-order valence-electron chi connectivity index (χ4n) is 3.56. The standard InChI is InChI=1S/C18H25N3O2S/c1-4-12-21-17(10-11-19-21)24(22,23)20-13-16(18(2,3)14-20)15-8-6-5-7-9-15/h5-11,16H,4,12-14H2,1-3H3. The van der Waals surface area contributed by atoms with E-state index in [4.69, 9.17) is 0 Å². The molecular weight excluding hydrogens is 322 g/mol. The molecule has 1 fully saturated rings.